The second kappa shape index (κ2) is 6.61. The van der Waals surface area contributed by atoms with Gasteiger partial charge in [0, 0.05) is 12.6 Å². The first-order chi connectivity index (χ1) is 11.7. The molecule has 2 aliphatic carbocycles. The number of hydrogen-bond acceptors (Lipinski definition) is 3. The van der Waals surface area contributed by atoms with Crippen molar-refractivity contribution in [3.05, 3.63) is 24.2 Å². The second-order valence-electron chi connectivity index (χ2n) is 7.55. The fraction of sp³-hybridized carbons (Fsp3) is 0.684. The molecule has 5 nitrogen and oxygen atoms in total. The highest BCUT2D eigenvalue weighted by Gasteiger charge is 2.45. The Hall–Kier alpha value is -1.78. The molecule has 0 spiro atoms. The predicted octanol–water partition coefficient (Wildman–Crippen LogP) is 2.97. The van der Waals surface area contributed by atoms with Crippen LogP contribution in [0.1, 0.15) is 61.9 Å². The normalized spacial score (nSPS) is 30.3. The van der Waals surface area contributed by atoms with E-state index in [1.807, 2.05) is 0 Å². The summed E-state index contributed by atoms with van der Waals surface area (Å²) in [5.41, 5.74) is 0. The average Bonchev–Trinajstić information content (AvgIpc) is 3.05. The van der Waals surface area contributed by atoms with Gasteiger partial charge in [0.25, 0.3) is 5.91 Å². The van der Waals surface area contributed by atoms with Gasteiger partial charge >= 0.3 is 0 Å². The first kappa shape index (κ1) is 15.7. The molecule has 0 radical (unpaired) electrons. The summed E-state index contributed by atoms with van der Waals surface area (Å²) >= 11 is 0. The Morgan fingerprint density at radius 2 is 1.96 bits per heavy atom. The molecule has 3 atom stereocenters. The SMILES string of the molecule is O=C(N[C@H]1C[C@@H]1C1CCCCC1)[C@@H]1CCCN1C(=O)c1ccco1. The van der Waals surface area contributed by atoms with Crippen LogP contribution in [0.25, 0.3) is 0 Å². The van der Waals surface area contributed by atoms with E-state index in [1.165, 1.54) is 38.4 Å². The van der Waals surface area contributed by atoms with Crippen molar-refractivity contribution in [2.24, 2.45) is 11.8 Å². The quantitative estimate of drug-likeness (QED) is 0.923. The minimum Gasteiger partial charge on any atom is -0.459 e. The molecule has 4 rings (SSSR count). The molecule has 0 aromatic carbocycles. The number of carbonyl (C=O) groups excluding carboxylic acids is 2. The molecular weight excluding hydrogens is 304 g/mol. The summed E-state index contributed by atoms with van der Waals surface area (Å²) in [6.45, 7) is 0.633. The number of nitrogens with zero attached hydrogens (tertiary/aromatic N) is 1. The molecule has 1 aromatic heterocycles. The summed E-state index contributed by atoms with van der Waals surface area (Å²) in [6, 6.07) is 3.37. The lowest BCUT2D eigenvalue weighted by molar-refractivity contribution is -0.125. The molecule has 2 saturated carbocycles. The molecule has 130 valence electrons. The zero-order chi connectivity index (χ0) is 16.5. The van der Waals surface area contributed by atoms with Crippen LogP contribution in [0.15, 0.2) is 22.8 Å². The summed E-state index contributed by atoms with van der Waals surface area (Å²) in [5.74, 6) is 1.65. The minimum absolute atomic E-state index is 0.0238. The van der Waals surface area contributed by atoms with Gasteiger partial charge in [-0.1, -0.05) is 32.1 Å². The summed E-state index contributed by atoms with van der Waals surface area (Å²) < 4.78 is 5.20. The van der Waals surface area contributed by atoms with Crippen LogP contribution in [0.4, 0.5) is 0 Å². The highest BCUT2D eigenvalue weighted by molar-refractivity contribution is 5.96. The molecule has 3 fully saturated rings. The Labute approximate surface area is 142 Å². The van der Waals surface area contributed by atoms with Crippen molar-refractivity contribution in [1.82, 2.24) is 10.2 Å². The van der Waals surface area contributed by atoms with Gasteiger partial charge in [0.1, 0.15) is 6.04 Å². The van der Waals surface area contributed by atoms with Gasteiger partial charge < -0.3 is 14.6 Å². The van der Waals surface area contributed by atoms with E-state index in [0.717, 1.165) is 25.2 Å². The molecule has 0 bridgehead atoms. The Bertz CT molecular complexity index is 592. The van der Waals surface area contributed by atoms with E-state index in [4.69, 9.17) is 4.42 Å². The van der Waals surface area contributed by atoms with Gasteiger partial charge in [-0.05, 0) is 43.2 Å². The van der Waals surface area contributed by atoms with Gasteiger partial charge in [-0.15, -0.1) is 0 Å². The smallest absolute Gasteiger partial charge is 0.290 e. The van der Waals surface area contributed by atoms with Gasteiger partial charge in [0.2, 0.25) is 5.91 Å². The molecule has 1 aliphatic heterocycles. The van der Waals surface area contributed by atoms with E-state index in [0.29, 0.717) is 24.3 Å². The molecule has 5 heteroatoms. The van der Waals surface area contributed by atoms with Crippen LogP contribution in [0.2, 0.25) is 0 Å². The maximum atomic E-state index is 12.7. The van der Waals surface area contributed by atoms with Crippen LogP contribution in [-0.4, -0.2) is 35.3 Å². The van der Waals surface area contributed by atoms with E-state index >= 15 is 0 Å². The van der Waals surface area contributed by atoms with Crippen LogP contribution in [0, 0.1) is 11.8 Å². The van der Waals surface area contributed by atoms with Crippen molar-refractivity contribution in [1.29, 1.82) is 0 Å². The van der Waals surface area contributed by atoms with Gasteiger partial charge in [0.05, 0.1) is 6.26 Å². The van der Waals surface area contributed by atoms with E-state index in [9.17, 15) is 9.59 Å². The van der Waals surface area contributed by atoms with E-state index in [-0.39, 0.29) is 17.9 Å². The van der Waals surface area contributed by atoms with Crippen LogP contribution in [-0.2, 0) is 4.79 Å². The molecule has 1 N–H and O–H groups in total. The average molecular weight is 330 g/mol. The van der Waals surface area contributed by atoms with Crippen LogP contribution >= 0.6 is 0 Å². The first-order valence-electron chi connectivity index (χ1n) is 9.39. The highest BCUT2D eigenvalue weighted by atomic mass is 16.3. The lowest BCUT2D eigenvalue weighted by atomic mass is 9.85. The summed E-state index contributed by atoms with van der Waals surface area (Å²) in [7, 11) is 0. The van der Waals surface area contributed by atoms with Crippen LogP contribution in [0.3, 0.4) is 0 Å². The van der Waals surface area contributed by atoms with Gasteiger partial charge in [-0.3, -0.25) is 9.59 Å². The zero-order valence-electron chi connectivity index (χ0n) is 14.1. The third-order valence-corrected chi connectivity index (χ3v) is 5.97. The molecule has 0 unspecified atom stereocenters. The van der Waals surface area contributed by atoms with Crippen molar-refractivity contribution in [2.45, 2.75) is 63.5 Å². The van der Waals surface area contributed by atoms with Crippen molar-refractivity contribution >= 4 is 11.8 Å². The van der Waals surface area contributed by atoms with Crippen molar-refractivity contribution < 1.29 is 14.0 Å². The third-order valence-electron chi connectivity index (χ3n) is 5.97. The number of nitrogens with one attached hydrogen (secondary N) is 1. The number of hydrogen-bond donors (Lipinski definition) is 1. The Kier molecular flexibility index (Phi) is 4.33. The van der Waals surface area contributed by atoms with Crippen LogP contribution in [0.5, 0.6) is 0 Å². The fourth-order valence-corrected chi connectivity index (χ4v) is 4.57. The second-order valence-corrected chi connectivity index (χ2v) is 7.55. The van der Waals surface area contributed by atoms with Crippen molar-refractivity contribution in [3.63, 3.8) is 0 Å². The fourth-order valence-electron chi connectivity index (χ4n) is 4.57. The van der Waals surface area contributed by atoms with Gasteiger partial charge in [0.15, 0.2) is 5.76 Å². The molecule has 24 heavy (non-hydrogen) atoms. The van der Waals surface area contributed by atoms with E-state index in [1.54, 1.807) is 17.0 Å². The standard InChI is InChI=1S/C19H26N2O3/c22-18(20-15-12-14(15)13-6-2-1-3-7-13)16-8-4-10-21(16)19(23)17-9-5-11-24-17/h5,9,11,13-16H,1-4,6-8,10,12H2,(H,20,22)/t14-,15+,16+/m1/s1. The molecular formula is C19H26N2O3. The van der Waals surface area contributed by atoms with Crippen molar-refractivity contribution in [2.75, 3.05) is 6.54 Å². The van der Waals surface area contributed by atoms with E-state index in [2.05, 4.69) is 5.32 Å². The number of carbonyl (C=O) groups is 2. The maximum absolute atomic E-state index is 12.7. The monoisotopic (exact) mass is 330 g/mol. The molecule has 2 amide bonds. The summed E-state index contributed by atoms with van der Waals surface area (Å²) in [4.78, 5) is 26.8. The maximum Gasteiger partial charge on any atom is 0.290 e. The van der Waals surface area contributed by atoms with E-state index < -0.39 is 0 Å². The summed E-state index contributed by atoms with van der Waals surface area (Å²) in [6.07, 6.45) is 10.9. The minimum atomic E-state index is -0.338. The molecule has 3 aliphatic rings. The van der Waals surface area contributed by atoms with Crippen molar-refractivity contribution in [3.8, 4) is 0 Å². The highest BCUT2D eigenvalue weighted by Crippen LogP contribution is 2.44. The molecule has 2 heterocycles. The van der Waals surface area contributed by atoms with Gasteiger partial charge in [-0.2, -0.15) is 0 Å². The predicted molar refractivity (Wildman–Crippen MR) is 89.4 cm³/mol. The first-order valence-corrected chi connectivity index (χ1v) is 9.39. The zero-order valence-corrected chi connectivity index (χ0v) is 14.1. The number of likely N-dealkylation sites (tertiary alicyclic amines) is 1. The Morgan fingerprint density at radius 1 is 1.12 bits per heavy atom. The topological polar surface area (TPSA) is 62.6 Å². The Balaban J connectivity index is 1.33. The molecule has 1 saturated heterocycles. The number of amides is 2. The van der Waals surface area contributed by atoms with Crippen LogP contribution < -0.4 is 5.32 Å². The lowest BCUT2D eigenvalue weighted by Gasteiger charge is -2.24. The largest absolute Gasteiger partial charge is 0.459 e. The van der Waals surface area contributed by atoms with Gasteiger partial charge in [-0.25, -0.2) is 0 Å². The molecule has 1 aromatic rings. The lowest BCUT2D eigenvalue weighted by Crippen LogP contribution is -2.46. The summed E-state index contributed by atoms with van der Waals surface area (Å²) in [5, 5.41) is 3.21. The number of rotatable bonds is 4. The number of furan rings is 1. The Morgan fingerprint density at radius 3 is 2.71 bits per heavy atom. The third kappa shape index (κ3) is 3.08.